The van der Waals surface area contributed by atoms with E-state index in [4.69, 9.17) is 21.0 Å². The van der Waals surface area contributed by atoms with E-state index in [-0.39, 0.29) is 32.0 Å². The average molecular weight is 380 g/mol. The highest BCUT2D eigenvalue weighted by Gasteiger charge is 2.22. The molecule has 6 nitrogen and oxygen atoms in total. The first-order chi connectivity index (χ1) is 11.6. The van der Waals surface area contributed by atoms with Crippen molar-refractivity contribution in [1.29, 1.82) is 31.6 Å². The molecule has 0 aliphatic carbocycles. The van der Waals surface area contributed by atoms with Crippen molar-refractivity contribution in [2.75, 3.05) is 0 Å². The molecule has 2 aromatic heterocycles. The van der Waals surface area contributed by atoms with Gasteiger partial charge in [-0.05, 0) is 21.6 Å². The monoisotopic (exact) mass is 380 g/mol. The SMILES string of the molecule is N#Cc1sc(SSc2sc(C#N)c(C#N)c2C#N)c(C#N)c1C#N. The number of thiophene rings is 2. The van der Waals surface area contributed by atoms with Gasteiger partial charge < -0.3 is 0 Å². The molecule has 0 saturated carbocycles. The molecule has 0 aliphatic rings. The fourth-order valence-electron chi connectivity index (χ4n) is 1.59. The molecule has 0 amide bonds. The van der Waals surface area contributed by atoms with Crippen LogP contribution in [0.3, 0.4) is 0 Å². The summed E-state index contributed by atoms with van der Waals surface area (Å²) in [5.41, 5.74) is 0.311. The molecule has 0 radical (unpaired) electrons. The van der Waals surface area contributed by atoms with Crippen LogP contribution in [0.1, 0.15) is 32.0 Å². The van der Waals surface area contributed by atoms with E-state index < -0.39 is 0 Å². The quantitative estimate of drug-likeness (QED) is 0.731. The number of hydrogen-bond acceptors (Lipinski definition) is 10. The molecule has 24 heavy (non-hydrogen) atoms. The maximum Gasteiger partial charge on any atom is 0.125 e. The zero-order chi connectivity index (χ0) is 17.7. The smallest absolute Gasteiger partial charge is 0.125 e. The van der Waals surface area contributed by atoms with Crippen LogP contribution in [0.15, 0.2) is 8.42 Å². The molecule has 0 N–H and O–H groups in total. The Morgan fingerprint density at radius 1 is 0.500 bits per heavy atom. The van der Waals surface area contributed by atoms with Crippen LogP contribution < -0.4 is 0 Å². The Hall–Kier alpha value is -2.96. The number of nitriles is 6. The van der Waals surface area contributed by atoms with Crippen molar-refractivity contribution in [3.8, 4) is 36.4 Å². The van der Waals surface area contributed by atoms with Gasteiger partial charge in [0.25, 0.3) is 0 Å². The molecule has 0 spiro atoms. The van der Waals surface area contributed by atoms with Gasteiger partial charge in [-0.1, -0.05) is 0 Å². The van der Waals surface area contributed by atoms with Crippen LogP contribution in [0.2, 0.25) is 0 Å². The van der Waals surface area contributed by atoms with Gasteiger partial charge in [0.1, 0.15) is 46.2 Å². The van der Waals surface area contributed by atoms with Crippen molar-refractivity contribution in [3.63, 3.8) is 0 Å². The van der Waals surface area contributed by atoms with Gasteiger partial charge in [-0.3, -0.25) is 0 Å². The highest BCUT2D eigenvalue weighted by atomic mass is 33.1. The topological polar surface area (TPSA) is 143 Å². The van der Waals surface area contributed by atoms with Crippen LogP contribution in [-0.2, 0) is 0 Å². The van der Waals surface area contributed by atoms with Crippen LogP contribution in [0.5, 0.6) is 0 Å². The normalized spacial score (nSPS) is 8.92. The van der Waals surface area contributed by atoms with Crippen LogP contribution >= 0.6 is 44.3 Å². The van der Waals surface area contributed by atoms with Gasteiger partial charge in [0.2, 0.25) is 0 Å². The van der Waals surface area contributed by atoms with Gasteiger partial charge >= 0.3 is 0 Å². The second-order valence-corrected chi connectivity index (χ2v) is 8.48. The van der Waals surface area contributed by atoms with E-state index in [1.165, 1.54) is 0 Å². The summed E-state index contributed by atoms with van der Waals surface area (Å²) in [6, 6.07) is 11.3. The van der Waals surface area contributed by atoms with Gasteiger partial charge in [0, 0.05) is 0 Å². The zero-order valence-corrected chi connectivity index (χ0v) is 14.6. The molecule has 2 aromatic rings. The molecule has 10 heteroatoms. The fourth-order valence-corrected chi connectivity index (χ4v) is 6.61. The minimum atomic E-state index is 0.0372. The van der Waals surface area contributed by atoms with Gasteiger partial charge in [-0.2, -0.15) is 31.6 Å². The summed E-state index contributed by atoms with van der Waals surface area (Å²) in [4.78, 5) is 0.304. The van der Waals surface area contributed by atoms with E-state index in [1.807, 2.05) is 36.4 Å². The first-order valence-electron chi connectivity index (χ1n) is 5.73. The molecule has 0 saturated heterocycles. The summed E-state index contributed by atoms with van der Waals surface area (Å²) < 4.78 is 0.926. The lowest BCUT2D eigenvalue weighted by Crippen LogP contribution is -1.80. The minimum Gasteiger partial charge on any atom is -0.192 e. The Morgan fingerprint density at radius 2 is 0.833 bits per heavy atom. The lowest BCUT2D eigenvalue weighted by Gasteiger charge is -1.96. The molecule has 0 aromatic carbocycles. The highest BCUT2D eigenvalue weighted by Crippen LogP contribution is 2.48. The van der Waals surface area contributed by atoms with Crippen LogP contribution in [0.25, 0.3) is 0 Å². The summed E-state index contributed by atoms with van der Waals surface area (Å²) in [5, 5.41) is 54.6. The molecule has 0 bridgehead atoms. The van der Waals surface area contributed by atoms with E-state index >= 15 is 0 Å². The summed E-state index contributed by atoms with van der Waals surface area (Å²) >= 11 is 2.04. The van der Waals surface area contributed by atoms with Gasteiger partial charge in [-0.15, -0.1) is 22.7 Å². The van der Waals surface area contributed by atoms with Gasteiger partial charge in [0.15, 0.2) is 0 Å². The van der Waals surface area contributed by atoms with Gasteiger partial charge in [0.05, 0.1) is 30.7 Å². The Labute approximate surface area is 152 Å². The summed E-state index contributed by atoms with van der Waals surface area (Å²) in [6.07, 6.45) is 0. The molecule has 0 atom stereocenters. The standard InChI is InChI=1S/C14N6S4/c15-1-7-9(3-17)13(21-11(7)5-19)23-24-14-10(4-18)8(2-16)12(6-20)22-14. The molecule has 2 rings (SSSR count). The molecular formula is C14N6S4. The zero-order valence-electron chi connectivity index (χ0n) is 11.3. The first kappa shape index (κ1) is 17.4. The van der Waals surface area contributed by atoms with Crippen molar-refractivity contribution in [2.24, 2.45) is 0 Å². The Morgan fingerprint density at radius 3 is 1.08 bits per heavy atom. The molecular weight excluding hydrogens is 380 g/mol. The summed E-state index contributed by atoms with van der Waals surface area (Å²) in [7, 11) is 2.23. The highest BCUT2D eigenvalue weighted by molar-refractivity contribution is 8.77. The number of nitrogens with zero attached hydrogens (tertiary/aromatic N) is 6. The number of hydrogen-bond donors (Lipinski definition) is 0. The second-order valence-electron chi connectivity index (χ2n) is 3.77. The molecule has 0 aliphatic heterocycles. The van der Waals surface area contributed by atoms with E-state index in [1.54, 1.807) is 0 Å². The van der Waals surface area contributed by atoms with Crippen LogP contribution in [-0.4, -0.2) is 0 Å². The third-order valence-electron chi connectivity index (χ3n) is 2.60. The van der Waals surface area contributed by atoms with E-state index in [9.17, 15) is 10.5 Å². The lowest BCUT2D eigenvalue weighted by atomic mass is 10.2. The summed E-state index contributed by atoms with van der Waals surface area (Å²) in [6.45, 7) is 0. The lowest BCUT2D eigenvalue weighted by molar-refractivity contribution is 1.42. The molecule has 110 valence electrons. The fraction of sp³-hybridized carbons (Fsp3) is 0. The Kier molecular flexibility index (Phi) is 5.47. The average Bonchev–Trinajstić information content (AvgIpc) is 3.15. The Bertz CT molecular complexity index is 994. The maximum absolute atomic E-state index is 9.20. The van der Waals surface area contributed by atoms with Crippen LogP contribution in [0, 0.1) is 68.0 Å². The minimum absolute atomic E-state index is 0.0372. The predicted octanol–water partition coefficient (Wildman–Crippen LogP) is 3.84. The third-order valence-corrected chi connectivity index (χ3v) is 8.05. The second kappa shape index (κ2) is 7.54. The molecule has 0 fully saturated rings. The van der Waals surface area contributed by atoms with E-state index in [2.05, 4.69) is 0 Å². The third kappa shape index (κ3) is 2.92. The first-order valence-corrected chi connectivity index (χ1v) is 9.52. The van der Waals surface area contributed by atoms with Crippen molar-refractivity contribution in [2.45, 2.75) is 8.42 Å². The van der Waals surface area contributed by atoms with Crippen molar-refractivity contribution < 1.29 is 0 Å². The predicted molar refractivity (Wildman–Crippen MR) is 88.6 cm³/mol. The van der Waals surface area contributed by atoms with Crippen LogP contribution in [0.4, 0.5) is 0 Å². The van der Waals surface area contributed by atoms with Crippen molar-refractivity contribution >= 4 is 44.3 Å². The summed E-state index contributed by atoms with van der Waals surface area (Å²) in [5.74, 6) is 0. The maximum atomic E-state index is 9.20. The molecule has 0 unspecified atom stereocenters. The van der Waals surface area contributed by atoms with Crippen molar-refractivity contribution in [1.82, 2.24) is 0 Å². The largest absolute Gasteiger partial charge is 0.192 e. The van der Waals surface area contributed by atoms with E-state index in [0.29, 0.717) is 8.42 Å². The number of rotatable bonds is 3. The van der Waals surface area contributed by atoms with Crippen molar-refractivity contribution in [3.05, 3.63) is 32.0 Å². The molecule has 2 heterocycles. The van der Waals surface area contributed by atoms with E-state index in [0.717, 1.165) is 44.3 Å². The van der Waals surface area contributed by atoms with Gasteiger partial charge in [-0.25, -0.2) is 0 Å². The Balaban J connectivity index is 2.42.